The van der Waals surface area contributed by atoms with Gasteiger partial charge in [-0.2, -0.15) is 0 Å². The van der Waals surface area contributed by atoms with Gasteiger partial charge in [-0.25, -0.2) is 0 Å². The molecule has 2 aromatic rings. The van der Waals surface area contributed by atoms with Crippen LogP contribution in [0.2, 0.25) is 0 Å². The number of hydrogen-bond acceptors (Lipinski definition) is 8. The molecular weight excluding hydrogens is 495 g/mol. The summed E-state index contributed by atoms with van der Waals surface area (Å²) in [6.45, 7) is 11.1. The molecule has 0 unspecified atom stereocenters. The zero-order valence-electron chi connectivity index (χ0n) is 21.0. The van der Waals surface area contributed by atoms with E-state index in [2.05, 4.69) is 9.98 Å². The van der Waals surface area contributed by atoms with Gasteiger partial charge in [0.1, 0.15) is 11.5 Å². The second-order valence-corrected chi connectivity index (χ2v) is 7.48. The average molecular weight is 529 g/mol. The first-order chi connectivity index (χ1) is 15.9. The summed E-state index contributed by atoms with van der Waals surface area (Å²) in [4.78, 5) is 26.5. The fourth-order valence-electron chi connectivity index (χ4n) is 2.94. The number of aliphatic carboxylic acids is 2. The molecule has 0 spiro atoms. The number of carbonyl (C=O) groups is 2. The van der Waals surface area contributed by atoms with Crippen molar-refractivity contribution in [3.05, 3.63) is 57.6 Å². The van der Waals surface area contributed by atoms with E-state index < -0.39 is 11.9 Å². The molecule has 0 aliphatic rings. The Morgan fingerprint density at radius 2 is 1.06 bits per heavy atom. The molecule has 8 nitrogen and oxygen atoms in total. The van der Waals surface area contributed by atoms with Gasteiger partial charge in [-0.15, -0.1) is 0 Å². The normalized spacial score (nSPS) is 10.1. The Kier molecular flexibility index (Phi) is 17.7. The van der Waals surface area contributed by atoms with Crippen molar-refractivity contribution in [2.75, 3.05) is 13.1 Å². The number of carbonyl (C=O) groups excluding carboxylic acids is 2. The third kappa shape index (κ3) is 14.6. The van der Waals surface area contributed by atoms with Crippen LogP contribution in [0.4, 0.5) is 0 Å². The van der Waals surface area contributed by atoms with E-state index in [-0.39, 0.29) is 16.8 Å². The summed E-state index contributed by atoms with van der Waals surface area (Å²) in [5, 5.41) is 38.2. The molecule has 1 radical (unpaired) electrons. The van der Waals surface area contributed by atoms with Crippen molar-refractivity contribution in [2.45, 2.75) is 54.4 Å². The van der Waals surface area contributed by atoms with Crippen LogP contribution in [-0.2, 0) is 39.2 Å². The second kappa shape index (κ2) is 18.2. The number of aliphatic imine (C=N–C) groups is 2. The molecular formula is C26H34CoN2O6. The van der Waals surface area contributed by atoms with Crippen molar-refractivity contribution in [3.63, 3.8) is 0 Å². The van der Waals surface area contributed by atoms with E-state index in [9.17, 15) is 10.2 Å². The number of nitrogens with zero attached hydrogens (tertiary/aromatic N) is 2. The van der Waals surface area contributed by atoms with Gasteiger partial charge >= 0.3 is 16.8 Å². The third-order valence-electron chi connectivity index (χ3n) is 4.31. The molecule has 2 aromatic carbocycles. The van der Waals surface area contributed by atoms with E-state index in [1.807, 2.05) is 52.0 Å². The molecule has 0 aromatic heterocycles. The molecule has 0 fully saturated rings. The van der Waals surface area contributed by atoms with Crippen molar-refractivity contribution >= 4 is 24.4 Å². The number of carboxylic acid groups (broad SMARTS) is 2. The van der Waals surface area contributed by atoms with E-state index >= 15 is 0 Å². The second-order valence-electron chi connectivity index (χ2n) is 7.48. The van der Waals surface area contributed by atoms with Crippen LogP contribution in [0.3, 0.4) is 0 Å². The standard InChI is InChI=1S/C22H28N2O2.2C2H4O2.Co/c1-5-17-9-15(3)11-19(21(17)25)13-23-7-8-24-14-20-12-16(4)10-18(6-2)22(20)26;2*1-2(3)4;/h9-14,25-26H,5-8H2,1-4H3;2*1H3,(H,3,4);/q;;;+2/p-2. The van der Waals surface area contributed by atoms with Crippen LogP contribution in [-0.4, -0.2) is 47.7 Å². The van der Waals surface area contributed by atoms with Gasteiger partial charge in [0.25, 0.3) is 0 Å². The SMILES string of the molecule is CC(=O)[O-].CC(=O)[O-].CCc1cc(C)cc(C=NCCN=Cc2cc(C)cc(CC)c2O)c1O.[Co+2]. The number of hydrogen-bond donors (Lipinski definition) is 2. The van der Waals surface area contributed by atoms with Gasteiger partial charge in [0.2, 0.25) is 0 Å². The smallest absolute Gasteiger partial charge is 0.550 e. The predicted molar refractivity (Wildman–Crippen MR) is 131 cm³/mol. The molecule has 193 valence electrons. The first kappa shape index (κ1) is 34.0. The Labute approximate surface area is 217 Å². The topological polar surface area (TPSA) is 145 Å². The van der Waals surface area contributed by atoms with Crippen molar-refractivity contribution in [1.29, 1.82) is 0 Å². The Morgan fingerprint density at radius 1 is 0.771 bits per heavy atom. The summed E-state index contributed by atoms with van der Waals surface area (Å²) in [6.07, 6.45) is 4.99. The fraction of sp³-hybridized carbons (Fsp3) is 0.385. The molecule has 0 bridgehead atoms. The van der Waals surface area contributed by atoms with Crippen molar-refractivity contribution < 1.29 is 46.8 Å². The maximum absolute atomic E-state index is 10.2. The molecule has 0 saturated carbocycles. The van der Waals surface area contributed by atoms with Crippen molar-refractivity contribution in [2.24, 2.45) is 9.98 Å². The van der Waals surface area contributed by atoms with Crippen LogP contribution < -0.4 is 10.2 Å². The number of aromatic hydroxyl groups is 2. The van der Waals surface area contributed by atoms with Crippen LogP contribution in [0.5, 0.6) is 11.5 Å². The maximum atomic E-state index is 10.2. The quantitative estimate of drug-likeness (QED) is 0.414. The summed E-state index contributed by atoms with van der Waals surface area (Å²) in [6, 6.07) is 7.85. The molecule has 0 heterocycles. The number of phenolic OH excluding ortho intramolecular Hbond substituents is 2. The first-order valence-corrected chi connectivity index (χ1v) is 10.9. The number of benzene rings is 2. The van der Waals surface area contributed by atoms with Crippen LogP contribution in [0.25, 0.3) is 0 Å². The van der Waals surface area contributed by atoms with E-state index in [1.165, 1.54) is 0 Å². The predicted octanol–water partition coefficient (Wildman–Crippen LogP) is 1.89. The van der Waals surface area contributed by atoms with Gasteiger partial charge in [-0.05, 0) is 74.9 Å². The molecule has 0 amide bonds. The molecule has 0 aliphatic heterocycles. The number of carboxylic acids is 2. The van der Waals surface area contributed by atoms with Crippen molar-refractivity contribution in [1.82, 2.24) is 0 Å². The Bertz CT molecular complexity index is 930. The summed E-state index contributed by atoms with van der Waals surface area (Å²) in [5.74, 6) is -1.55. The van der Waals surface area contributed by atoms with E-state index in [0.29, 0.717) is 24.6 Å². The molecule has 9 heteroatoms. The maximum Gasteiger partial charge on any atom is 2.00 e. The minimum absolute atomic E-state index is 0. The molecule has 35 heavy (non-hydrogen) atoms. The third-order valence-corrected chi connectivity index (χ3v) is 4.31. The minimum atomic E-state index is -1.08. The van der Waals surface area contributed by atoms with E-state index in [4.69, 9.17) is 19.8 Å². The first-order valence-electron chi connectivity index (χ1n) is 10.9. The monoisotopic (exact) mass is 529 g/mol. The number of phenols is 2. The van der Waals surface area contributed by atoms with Gasteiger partial charge in [-0.3, -0.25) is 9.98 Å². The van der Waals surface area contributed by atoms with Crippen molar-refractivity contribution in [3.8, 4) is 11.5 Å². The molecule has 0 aliphatic carbocycles. The van der Waals surface area contributed by atoms with Gasteiger partial charge in [0, 0.05) is 35.5 Å². The van der Waals surface area contributed by atoms with Gasteiger partial charge in [0.05, 0.1) is 13.1 Å². The molecule has 0 saturated heterocycles. The van der Waals surface area contributed by atoms with Crippen LogP contribution >= 0.6 is 0 Å². The summed E-state index contributed by atoms with van der Waals surface area (Å²) >= 11 is 0. The number of aryl methyl sites for hydroxylation is 4. The number of rotatable bonds is 7. The van der Waals surface area contributed by atoms with E-state index in [0.717, 1.165) is 60.1 Å². The molecule has 2 rings (SSSR count). The zero-order valence-corrected chi connectivity index (χ0v) is 22.1. The average Bonchev–Trinajstić information content (AvgIpc) is 2.73. The summed E-state index contributed by atoms with van der Waals surface area (Å²) in [5.41, 5.74) is 5.59. The Morgan fingerprint density at radius 3 is 1.31 bits per heavy atom. The molecule has 0 atom stereocenters. The summed E-state index contributed by atoms with van der Waals surface area (Å²) in [7, 11) is 0. The largest absolute Gasteiger partial charge is 2.00 e. The summed E-state index contributed by atoms with van der Waals surface area (Å²) < 4.78 is 0. The zero-order chi connectivity index (χ0) is 26.3. The Balaban J connectivity index is 0. The van der Waals surface area contributed by atoms with Crippen LogP contribution in [0.15, 0.2) is 34.3 Å². The molecule has 2 N–H and O–H groups in total. The fourth-order valence-corrected chi connectivity index (χ4v) is 2.94. The minimum Gasteiger partial charge on any atom is -0.550 e. The Hall–Kier alpha value is -3.17. The van der Waals surface area contributed by atoms with Gasteiger partial charge in [0.15, 0.2) is 0 Å². The van der Waals surface area contributed by atoms with Gasteiger partial charge < -0.3 is 30.0 Å². The van der Waals surface area contributed by atoms with Gasteiger partial charge in [-0.1, -0.05) is 26.0 Å². The van der Waals surface area contributed by atoms with Crippen LogP contribution in [0, 0.1) is 13.8 Å². The van der Waals surface area contributed by atoms with Crippen LogP contribution in [0.1, 0.15) is 61.1 Å². The van der Waals surface area contributed by atoms with E-state index in [1.54, 1.807) is 12.4 Å².